The highest BCUT2D eigenvalue weighted by Crippen LogP contribution is 2.68. The first kappa shape index (κ1) is 39.4. The number of alkyl halides is 4. The molecule has 1 saturated carbocycles. The molecule has 2 aromatic heterocycles. The Kier molecular flexibility index (Phi) is 9.42. The van der Waals surface area contributed by atoms with Crippen molar-refractivity contribution in [3.8, 4) is 5.75 Å². The second-order valence-corrected chi connectivity index (χ2v) is 16.3. The molecule has 3 aromatic carbocycles. The highest BCUT2D eigenvalue weighted by molar-refractivity contribution is 7.92. The molecule has 3 aliphatic rings. The molecular formula is C36H30ClF7N8O5S. The zero-order chi connectivity index (χ0) is 41.7. The number of aryl methyl sites for hydroxylation is 1. The molecule has 3 N–H and O–H groups in total. The SMILES string of the molecule is COc1cc(F)c2c(c1)N=C([C@H](Cc1cc(F)cc(F)c1)NC(=O)Cn1nc(C(F)F)c3c1C(F)(F)[C@@H]1C[C@H]31)N(c1ccc(Cl)c3c(NS(C)(=O)=O)nn(C)c13)C2O. The number of amides is 1. The molecule has 0 saturated heterocycles. The lowest BCUT2D eigenvalue weighted by Gasteiger charge is -2.39. The van der Waals surface area contributed by atoms with Crippen molar-refractivity contribution < 1.29 is 53.8 Å². The minimum absolute atomic E-state index is 0.0104. The Balaban J connectivity index is 1.30. The third-order valence-electron chi connectivity index (χ3n) is 10.2. The number of aliphatic imine (C=N–C) groups is 1. The molecule has 1 unspecified atom stereocenters. The van der Waals surface area contributed by atoms with E-state index in [0.29, 0.717) is 10.7 Å². The molecule has 0 bridgehead atoms. The number of fused-ring (bicyclic) bond motifs is 5. The summed E-state index contributed by atoms with van der Waals surface area (Å²) in [6, 6.07) is 5.82. The standard InChI is InChI=1S/C36H30ClF7N8O5S/c1-50-30-24(5-4-20(37)27(30)33(48-50)49-58(3,55)56)52-34(46-22-11-17(57-2)10-21(40)28(22)35(52)54)23(8-14-6-15(38)9-16(39)7-14)45-25(53)13-51-31-26(29(47-51)32(41)42)18-12-19(18)36(31,43)44/h4-7,9-11,18-19,23,32,35,54H,8,12-13H2,1-3H3,(H,45,53)(H,48,49)/t18-,19+,23-,35?/m0/s1. The number of hydrogen-bond acceptors (Lipinski definition) is 9. The molecule has 8 rings (SSSR count). The fourth-order valence-electron chi connectivity index (χ4n) is 7.90. The van der Waals surface area contributed by atoms with E-state index < -0.39 is 99.8 Å². The zero-order valence-corrected chi connectivity index (χ0v) is 31.8. The molecule has 2 aliphatic carbocycles. The van der Waals surface area contributed by atoms with Gasteiger partial charge in [0.25, 0.3) is 12.3 Å². The van der Waals surface area contributed by atoms with Crippen LogP contribution in [0.15, 0.2) is 47.5 Å². The summed E-state index contributed by atoms with van der Waals surface area (Å²) in [5.74, 6) is -10.3. The van der Waals surface area contributed by atoms with Gasteiger partial charge < -0.3 is 15.2 Å². The maximum Gasteiger partial charge on any atom is 0.293 e. The summed E-state index contributed by atoms with van der Waals surface area (Å²) in [5.41, 5.74) is -2.66. The highest BCUT2D eigenvalue weighted by Gasteiger charge is 2.67. The summed E-state index contributed by atoms with van der Waals surface area (Å²) < 4.78 is 138. The minimum atomic E-state index is -3.93. The summed E-state index contributed by atoms with van der Waals surface area (Å²) in [7, 11) is -1.28. The van der Waals surface area contributed by atoms with E-state index in [2.05, 4.69) is 25.2 Å². The molecule has 3 heterocycles. The normalized spacial score (nSPS) is 19.8. The number of amidine groups is 1. The van der Waals surface area contributed by atoms with Gasteiger partial charge in [0.1, 0.15) is 47.0 Å². The molecule has 0 spiro atoms. The number of halogens is 8. The van der Waals surface area contributed by atoms with Gasteiger partial charge in [-0.1, -0.05) is 11.6 Å². The third-order valence-corrected chi connectivity index (χ3v) is 11.1. The molecule has 4 atom stereocenters. The molecule has 1 aliphatic heterocycles. The van der Waals surface area contributed by atoms with Gasteiger partial charge in [0.05, 0.1) is 52.3 Å². The molecule has 1 amide bonds. The number of hydrogen-bond donors (Lipinski definition) is 3. The molecule has 13 nitrogen and oxygen atoms in total. The average molecular weight is 855 g/mol. The smallest absolute Gasteiger partial charge is 0.293 e. The summed E-state index contributed by atoms with van der Waals surface area (Å²) in [6.07, 6.45) is -4.88. The Labute approximate surface area is 329 Å². The van der Waals surface area contributed by atoms with Crippen LogP contribution >= 0.6 is 11.6 Å². The summed E-state index contributed by atoms with van der Waals surface area (Å²) in [5, 5.41) is 22.6. The second-order valence-electron chi connectivity index (χ2n) is 14.2. The number of rotatable bonds is 11. The van der Waals surface area contributed by atoms with E-state index >= 15 is 13.2 Å². The maximum absolute atomic E-state index is 15.9. The first-order valence-electron chi connectivity index (χ1n) is 17.3. The number of benzene rings is 3. The van der Waals surface area contributed by atoms with Gasteiger partial charge in [-0.3, -0.25) is 23.8 Å². The lowest BCUT2D eigenvalue weighted by molar-refractivity contribution is -0.122. The number of aromatic nitrogens is 4. The van der Waals surface area contributed by atoms with Gasteiger partial charge >= 0.3 is 0 Å². The van der Waals surface area contributed by atoms with Crippen LogP contribution in [0.5, 0.6) is 5.75 Å². The van der Waals surface area contributed by atoms with Gasteiger partial charge in [0.2, 0.25) is 15.9 Å². The predicted molar refractivity (Wildman–Crippen MR) is 196 cm³/mol. The number of nitrogens with zero attached hydrogens (tertiary/aromatic N) is 6. The minimum Gasteiger partial charge on any atom is -0.497 e. The summed E-state index contributed by atoms with van der Waals surface area (Å²) >= 11 is 6.56. The number of methoxy groups -OCH3 is 1. The lowest BCUT2D eigenvalue weighted by atomic mass is 9.99. The van der Waals surface area contributed by atoms with Crippen LogP contribution in [-0.2, 0) is 40.8 Å². The monoisotopic (exact) mass is 854 g/mol. The molecule has 0 radical (unpaired) electrons. The van der Waals surface area contributed by atoms with E-state index in [1.807, 2.05) is 0 Å². The van der Waals surface area contributed by atoms with Crippen LogP contribution < -0.4 is 19.7 Å². The molecule has 58 heavy (non-hydrogen) atoms. The van der Waals surface area contributed by atoms with Gasteiger partial charge in [-0.2, -0.15) is 19.0 Å². The summed E-state index contributed by atoms with van der Waals surface area (Å²) in [4.78, 5) is 19.6. The van der Waals surface area contributed by atoms with Crippen LogP contribution in [-0.4, -0.2) is 64.2 Å². The van der Waals surface area contributed by atoms with Crippen molar-refractivity contribution in [2.24, 2.45) is 18.0 Å². The Morgan fingerprint density at radius 1 is 1.09 bits per heavy atom. The molecule has 5 aromatic rings. The fourth-order valence-corrected chi connectivity index (χ4v) is 8.64. The van der Waals surface area contributed by atoms with Gasteiger partial charge in [-0.15, -0.1) is 0 Å². The van der Waals surface area contributed by atoms with Crippen LogP contribution in [0.1, 0.15) is 53.1 Å². The lowest BCUT2D eigenvalue weighted by Crippen LogP contribution is -2.53. The van der Waals surface area contributed by atoms with Gasteiger partial charge in [0.15, 0.2) is 12.0 Å². The van der Waals surface area contributed by atoms with Crippen molar-refractivity contribution in [3.05, 3.63) is 93.0 Å². The van der Waals surface area contributed by atoms with Crippen molar-refractivity contribution in [2.75, 3.05) is 23.0 Å². The quantitative estimate of drug-likeness (QED) is 0.130. The third kappa shape index (κ3) is 6.67. The largest absolute Gasteiger partial charge is 0.497 e. The second kappa shape index (κ2) is 13.9. The van der Waals surface area contributed by atoms with Crippen LogP contribution in [0.3, 0.4) is 0 Å². The fraction of sp³-hybridized carbons (Fsp3) is 0.333. The zero-order valence-electron chi connectivity index (χ0n) is 30.2. The topological polar surface area (TPSA) is 156 Å². The molecular weight excluding hydrogens is 825 g/mol. The van der Waals surface area contributed by atoms with E-state index in [-0.39, 0.29) is 62.3 Å². The Morgan fingerprint density at radius 3 is 2.45 bits per heavy atom. The number of nitrogens with one attached hydrogen (secondary N) is 2. The molecule has 306 valence electrons. The van der Waals surface area contributed by atoms with E-state index in [0.717, 1.165) is 29.4 Å². The number of anilines is 2. The highest BCUT2D eigenvalue weighted by atomic mass is 35.5. The summed E-state index contributed by atoms with van der Waals surface area (Å²) in [6.45, 7) is -1.01. The first-order chi connectivity index (χ1) is 27.3. The van der Waals surface area contributed by atoms with Gasteiger partial charge in [0, 0.05) is 43.1 Å². The van der Waals surface area contributed by atoms with Crippen LogP contribution in [0, 0.1) is 23.4 Å². The van der Waals surface area contributed by atoms with Crippen LogP contribution in [0.4, 0.5) is 47.9 Å². The number of sulfonamides is 1. The van der Waals surface area contributed by atoms with Crippen molar-refractivity contribution in [1.29, 1.82) is 0 Å². The van der Waals surface area contributed by atoms with Crippen molar-refractivity contribution >= 4 is 61.5 Å². The van der Waals surface area contributed by atoms with E-state index in [9.17, 15) is 35.9 Å². The van der Waals surface area contributed by atoms with Crippen molar-refractivity contribution in [1.82, 2.24) is 24.9 Å². The number of aliphatic hydroxyl groups excluding tert-OH is 1. The number of carbonyl (C=O) groups excluding carboxylic acids is 1. The Bertz CT molecular complexity index is 2670. The number of aliphatic hydroxyl groups is 1. The Hall–Kier alpha value is -5.41. The maximum atomic E-state index is 15.9. The number of carbonyl (C=O) groups is 1. The van der Waals surface area contributed by atoms with Crippen molar-refractivity contribution in [2.45, 2.75) is 49.9 Å². The van der Waals surface area contributed by atoms with E-state index in [1.165, 1.54) is 37.0 Å². The van der Waals surface area contributed by atoms with E-state index in [4.69, 9.17) is 16.3 Å². The predicted octanol–water partition coefficient (Wildman–Crippen LogP) is 6.34. The average Bonchev–Trinajstić information content (AvgIpc) is 3.66. The van der Waals surface area contributed by atoms with Crippen LogP contribution in [0.25, 0.3) is 10.9 Å². The molecule has 1 fully saturated rings. The Morgan fingerprint density at radius 2 is 1.79 bits per heavy atom. The van der Waals surface area contributed by atoms with Crippen LogP contribution in [0.2, 0.25) is 5.02 Å². The van der Waals surface area contributed by atoms with Gasteiger partial charge in [-0.05, 0) is 42.2 Å². The van der Waals surface area contributed by atoms with Crippen molar-refractivity contribution in [3.63, 3.8) is 0 Å². The van der Waals surface area contributed by atoms with E-state index in [1.54, 1.807) is 0 Å². The van der Waals surface area contributed by atoms with Gasteiger partial charge in [-0.25, -0.2) is 35.4 Å². The molecule has 22 heteroatoms. The number of ether oxygens (including phenoxy) is 1. The first-order valence-corrected chi connectivity index (χ1v) is 19.6.